The number of benzene rings is 1. The maximum Gasteiger partial charge on any atom is 0.233 e. The van der Waals surface area contributed by atoms with Crippen LogP contribution < -0.4 is 5.32 Å². The van der Waals surface area contributed by atoms with E-state index in [4.69, 9.17) is 0 Å². The Labute approximate surface area is 165 Å². The van der Waals surface area contributed by atoms with Gasteiger partial charge < -0.3 is 10.2 Å². The lowest BCUT2D eigenvalue weighted by Crippen LogP contribution is -2.27. The molecule has 2 heterocycles. The van der Waals surface area contributed by atoms with Gasteiger partial charge in [0.25, 0.3) is 0 Å². The topological polar surface area (TPSA) is 58.1 Å². The molecule has 3 rings (SSSR count). The molecule has 8 heteroatoms. The van der Waals surface area contributed by atoms with Gasteiger partial charge in [0.1, 0.15) is 0 Å². The van der Waals surface area contributed by atoms with E-state index in [9.17, 15) is 4.79 Å². The highest BCUT2D eigenvalue weighted by molar-refractivity contribution is 8.01. The molecule has 1 amide bonds. The highest BCUT2D eigenvalue weighted by atomic mass is 32.2. The van der Waals surface area contributed by atoms with E-state index in [0.717, 1.165) is 21.6 Å². The first-order chi connectivity index (χ1) is 12.7. The quantitative estimate of drug-likeness (QED) is 0.554. The molecule has 5 nitrogen and oxygen atoms in total. The first kappa shape index (κ1) is 18.9. The highest BCUT2D eigenvalue weighted by Gasteiger charge is 2.13. The summed E-state index contributed by atoms with van der Waals surface area (Å²) in [6, 6.07) is 12.2. The number of amides is 1. The third-order valence-corrected chi connectivity index (χ3v) is 6.58. The summed E-state index contributed by atoms with van der Waals surface area (Å²) >= 11 is 4.56. The Hall–Kier alpha value is -1.90. The number of rotatable bonds is 8. The normalized spacial score (nSPS) is 10.7. The summed E-state index contributed by atoms with van der Waals surface area (Å²) in [5, 5.41) is 14.4. The van der Waals surface area contributed by atoms with Crippen molar-refractivity contribution in [3.63, 3.8) is 0 Å². The first-order valence-electron chi connectivity index (χ1n) is 8.23. The summed E-state index contributed by atoms with van der Waals surface area (Å²) in [5.74, 6) is 0.451. The van der Waals surface area contributed by atoms with Crippen LogP contribution in [0.5, 0.6) is 0 Å². The van der Waals surface area contributed by atoms with Crippen LogP contribution in [0.3, 0.4) is 0 Å². The van der Waals surface area contributed by atoms with Gasteiger partial charge in [0, 0.05) is 17.6 Å². The van der Waals surface area contributed by atoms with Crippen LogP contribution in [0.25, 0.3) is 0 Å². The SMILES string of the molecule is CCc1ccccc1Nc1nnc(SCC(=O)N(C)Cc2cccs2)s1. The number of thiophene rings is 1. The molecule has 0 aliphatic rings. The molecule has 3 aromatic rings. The van der Waals surface area contributed by atoms with Crippen LogP contribution >= 0.6 is 34.4 Å². The highest BCUT2D eigenvalue weighted by Crippen LogP contribution is 2.29. The molecule has 136 valence electrons. The largest absolute Gasteiger partial charge is 0.340 e. The number of aromatic nitrogens is 2. The van der Waals surface area contributed by atoms with E-state index in [-0.39, 0.29) is 5.91 Å². The molecule has 0 bridgehead atoms. The third-order valence-electron chi connectivity index (χ3n) is 3.76. The molecule has 26 heavy (non-hydrogen) atoms. The fraction of sp³-hybridized carbons (Fsp3) is 0.278. The summed E-state index contributed by atoms with van der Waals surface area (Å²) in [6.07, 6.45) is 0.953. The van der Waals surface area contributed by atoms with E-state index >= 15 is 0 Å². The van der Waals surface area contributed by atoms with E-state index in [1.807, 2.05) is 42.8 Å². The number of carbonyl (C=O) groups is 1. The van der Waals surface area contributed by atoms with Crippen LogP contribution in [0.1, 0.15) is 17.4 Å². The van der Waals surface area contributed by atoms with Crippen LogP contribution in [0.2, 0.25) is 0 Å². The molecule has 0 atom stereocenters. The number of hydrogen-bond donors (Lipinski definition) is 1. The molecular formula is C18H20N4OS3. The molecule has 0 saturated carbocycles. The summed E-state index contributed by atoms with van der Waals surface area (Å²) in [5.41, 5.74) is 2.29. The second-order valence-corrected chi connectivity index (χ2v) is 8.86. The van der Waals surface area contributed by atoms with Gasteiger partial charge in [-0.2, -0.15) is 0 Å². The predicted octanol–water partition coefficient (Wildman–Crippen LogP) is 4.66. The zero-order valence-corrected chi connectivity index (χ0v) is 17.1. The summed E-state index contributed by atoms with van der Waals surface area (Å²) in [4.78, 5) is 15.2. The van der Waals surface area contributed by atoms with Crippen LogP contribution in [0.15, 0.2) is 46.1 Å². The molecule has 1 N–H and O–H groups in total. The number of anilines is 2. The van der Waals surface area contributed by atoms with Crippen molar-refractivity contribution in [2.24, 2.45) is 0 Å². The molecule has 1 aromatic carbocycles. The van der Waals surface area contributed by atoms with Crippen LogP contribution in [0, 0.1) is 0 Å². The number of nitrogens with zero attached hydrogens (tertiary/aromatic N) is 3. The Kier molecular flexibility index (Phi) is 6.65. The van der Waals surface area contributed by atoms with Gasteiger partial charge in [-0.3, -0.25) is 4.79 Å². The number of aryl methyl sites for hydroxylation is 1. The predicted molar refractivity (Wildman–Crippen MR) is 111 cm³/mol. The maximum atomic E-state index is 12.3. The minimum Gasteiger partial charge on any atom is -0.340 e. The van der Waals surface area contributed by atoms with E-state index in [2.05, 4.69) is 28.5 Å². The van der Waals surface area contributed by atoms with Gasteiger partial charge in [0.2, 0.25) is 11.0 Å². The Morgan fingerprint density at radius 3 is 2.85 bits per heavy atom. The number of nitrogens with one attached hydrogen (secondary N) is 1. The van der Waals surface area contributed by atoms with Gasteiger partial charge in [0.05, 0.1) is 12.3 Å². The number of carbonyl (C=O) groups excluding carboxylic acids is 1. The number of thioether (sulfide) groups is 1. The lowest BCUT2D eigenvalue weighted by molar-refractivity contribution is -0.127. The van der Waals surface area contributed by atoms with E-state index < -0.39 is 0 Å². The molecular weight excluding hydrogens is 384 g/mol. The monoisotopic (exact) mass is 404 g/mol. The van der Waals surface area contributed by atoms with Gasteiger partial charge in [-0.1, -0.05) is 54.3 Å². The van der Waals surface area contributed by atoms with E-state index in [1.165, 1.54) is 33.5 Å². The van der Waals surface area contributed by atoms with Gasteiger partial charge in [-0.15, -0.1) is 21.5 Å². The molecule has 0 unspecified atom stereocenters. The van der Waals surface area contributed by atoms with E-state index in [1.54, 1.807) is 16.2 Å². The fourth-order valence-corrected chi connectivity index (χ4v) is 4.80. The average molecular weight is 405 g/mol. The number of para-hydroxylation sites is 1. The maximum absolute atomic E-state index is 12.3. The number of hydrogen-bond acceptors (Lipinski definition) is 7. The standard InChI is InChI=1S/C18H20N4OS3/c1-3-13-7-4-5-9-15(13)19-17-20-21-18(26-17)25-12-16(23)22(2)11-14-8-6-10-24-14/h4-10H,3,11-12H2,1-2H3,(H,19,20). The Morgan fingerprint density at radius 2 is 2.08 bits per heavy atom. The Morgan fingerprint density at radius 1 is 1.23 bits per heavy atom. The van der Waals surface area contributed by atoms with Gasteiger partial charge >= 0.3 is 0 Å². The van der Waals surface area contributed by atoms with Crippen molar-refractivity contribution in [3.05, 3.63) is 52.2 Å². The lowest BCUT2D eigenvalue weighted by atomic mass is 10.1. The van der Waals surface area contributed by atoms with Gasteiger partial charge in [-0.05, 0) is 29.5 Å². The average Bonchev–Trinajstić information content (AvgIpc) is 3.32. The van der Waals surface area contributed by atoms with Crippen molar-refractivity contribution in [3.8, 4) is 0 Å². The second-order valence-electron chi connectivity index (χ2n) is 5.63. The molecule has 0 aliphatic heterocycles. The van der Waals surface area contributed by atoms with Crippen LogP contribution in [-0.2, 0) is 17.8 Å². The van der Waals surface area contributed by atoms with Crippen LogP contribution in [0.4, 0.5) is 10.8 Å². The van der Waals surface area contributed by atoms with Crippen molar-refractivity contribution in [1.29, 1.82) is 0 Å². The summed E-state index contributed by atoms with van der Waals surface area (Å²) < 4.78 is 0.791. The molecule has 0 fully saturated rings. The lowest BCUT2D eigenvalue weighted by Gasteiger charge is -2.15. The second kappa shape index (κ2) is 9.16. The van der Waals surface area contributed by atoms with Crippen molar-refractivity contribution < 1.29 is 4.79 Å². The molecule has 2 aromatic heterocycles. The molecule has 0 saturated heterocycles. The molecule has 0 radical (unpaired) electrons. The van der Waals surface area contributed by atoms with Gasteiger partial charge in [-0.25, -0.2) is 0 Å². The van der Waals surface area contributed by atoms with Crippen molar-refractivity contribution in [2.45, 2.75) is 24.2 Å². The summed E-state index contributed by atoms with van der Waals surface area (Å²) in [7, 11) is 1.83. The minimum atomic E-state index is 0.0874. The Bertz CT molecular complexity index is 848. The zero-order valence-electron chi connectivity index (χ0n) is 14.6. The zero-order chi connectivity index (χ0) is 18.4. The minimum absolute atomic E-state index is 0.0874. The molecule has 0 spiro atoms. The van der Waals surface area contributed by atoms with Crippen LogP contribution in [-0.4, -0.2) is 33.8 Å². The molecule has 0 aliphatic carbocycles. The third kappa shape index (κ3) is 5.06. The van der Waals surface area contributed by atoms with E-state index in [0.29, 0.717) is 12.3 Å². The smallest absolute Gasteiger partial charge is 0.233 e. The first-order valence-corrected chi connectivity index (χ1v) is 10.9. The van der Waals surface area contributed by atoms with Crippen molar-refractivity contribution in [2.75, 3.05) is 18.1 Å². The Balaban J connectivity index is 1.52. The fourth-order valence-electron chi connectivity index (χ4n) is 2.34. The van der Waals surface area contributed by atoms with Crippen molar-refractivity contribution in [1.82, 2.24) is 15.1 Å². The van der Waals surface area contributed by atoms with Gasteiger partial charge in [0.15, 0.2) is 4.34 Å². The summed E-state index contributed by atoms with van der Waals surface area (Å²) in [6.45, 7) is 2.77. The van der Waals surface area contributed by atoms with Crippen molar-refractivity contribution >= 4 is 51.2 Å².